The summed E-state index contributed by atoms with van der Waals surface area (Å²) in [6, 6.07) is 7.96. The highest BCUT2D eigenvalue weighted by atomic mass is 79.9. The van der Waals surface area contributed by atoms with Crippen LogP contribution in [0.25, 0.3) is 21.5 Å². The van der Waals surface area contributed by atoms with Gasteiger partial charge in [-0.15, -0.1) is 11.3 Å². The van der Waals surface area contributed by atoms with Gasteiger partial charge in [0.25, 0.3) is 0 Å². The van der Waals surface area contributed by atoms with Crippen LogP contribution >= 0.6 is 27.3 Å². The first-order chi connectivity index (χ1) is 9.15. The van der Waals surface area contributed by atoms with E-state index in [0.29, 0.717) is 4.60 Å². The molecule has 0 saturated carbocycles. The second-order valence-electron chi connectivity index (χ2n) is 4.05. The monoisotopic (exact) mass is 336 g/mol. The van der Waals surface area contributed by atoms with Crippen LogP contribution in [-0.2, 0) is 11.2 Å². The average Bonchev–Trinajstić information content (AvgIpc) is 2.93. The van der Waals surface area contributed by atoms with Crippen molar-refractivity contribution in [2.75, 3.05) is 0 Å². The average molecular weight is 337 g/mol. The number of rotatable bonds is 3. The summed E-state index contributed by atoms with van der Waals surface area (Å²) in [4.78, 5) is 19.1. The highest BCUT2D eigenvalue weighted by Gasteiger charge is 2.15. The number of carbonyl (C=O) groups is 1. The van der Waals surface area contributed by atoms with Gasteiger partial charge in [0.1, 0.15) is 9.61 Å². The fourth-order valence-electron chi connectivity index (χ4n) is 1.94. The molecule has 0 spiro atoms. The topological polar surface area (TPSA) is 66.0 Å². The highest BCUT2D eigenvalue weighted by Crippen LogP contribution is 2.35. The predicted molar refractivity (Wildman–Crippen MR) is 78.4 cm³/mol. The smallest absolute Gasteiger partial charge is 0.308 e. The van der Waals surface area contributed by atoms with E-state index in [1.807, 2.05) is 30.5 Å². The zero-order chi connectivity index (χ0) is 13.4. The second kappa shape index (κ2) is 4.79. The van der Waals surface area contributed by atoms with Gasteiger partial charge in [0.15, 0.2) is 0 Å². The Morgan fingerprint density at radius 2 is 2.21 bits per heavy atom. The minimum atomic E-state index is -0.852. The second-order valence-corrected chi connectivity index (χ2v) is 5.89. The number of carboxylic acids is 1. The molecule has 0 aliphatic carbocycles. The first-order valence-electron chi connectivity index (χ1n) is 5.58. The predicted octanol–water partition coefficient (Wildman–Crippen LogP) is 3.68. The standard InChI is InChI=1S/C13H9BrN2O2S/c14-12-10(5-11(17)18)19-13(16-12)8-6-15-9-4-2-1-3-7(8)9/h1-4,6,15H,5H2,(H,17,18). The van der Waals surface area contributed by atoms with E-state index in [1.54, 1.807) is 0 Å². The molecule has 0 atom stereocenters. The van der Waals surface area contributed by atoms with Crippen LogP contribution < -0.4 is 0 Å². The van der Waals surface area contributed by atoms with E-state index in [9.17, 15) is 4.79 Å². The quantitative estimate of drug-likeness (QED) is 0.766. The van der Waals surface area contributed by atoms with Gasteiger partial charge in [0, 0.05) is 22.7 Å². The van der Waals surface area contributed by atoms with Crippen molar-refractivity contribution in [2.45, 2.75) is 6.42 Å². The van der Waals surface area contributed by atoms with Crippen molar-refractivity contribution in [1.29, 1.82) is 0 Å². The van der Waals surface area contributed by atoms with Crippen molar-refractivity contribution in [3.05, 3.63) is 39.9 Å². The number of aliphatic carboxylic acids is 1. The Morgan fingerprint density at radius 3 is 3.00 bits per heavy atom. The lowest BCUT2D eigenvalue weighted by Gasteiger charge is -1.92. The number of aromatic amines is 1. The summed E-state index contributed by atoms with van der Waals surface area (Å²) in [5.74, 6) is -0.852. The zero-order valence-electron chi connectivity index (χ0n) is 9.68. The molecule has 2 aromatic heterocycles. The first-order valence-corrected chi connectivity index (χ1v) is 7.19. The molecule has 2 heterocycles. The van der Waals surface area contributed by atoms with Crippen LogP contribution in [0.5, 0.6) is 0 Å². The number of hydrogen-bond donors (Lipinski definition) is 2. The minimum absolute atomic E-state index is 0.0133. The van der Waals surface area contributed by atoms with E-state index in [-0.39, 0.29) is 6.42 Å². The van der Waals surface area contributed by atoms with Crippen LogP contribution in [-0.4, -0.2) is 21.0 Å². The van der Waals surface area contributed by atoms with Gasteiger partial charge in [-0.1, -0.05) is 18.2 Å². The number of H-pyrrole nitrogens is 1. The van der Waals surface area contributed by atoms with Crippen molar-refractivity contribution in [1.82, 2.24) is 9.97 Å². The van der Waals surface area contributed by atoms with Crippen LogP contribution in [0.1, 0.15) is 4.88 Å². The highest BCUT2D eigenvalue weighted by molar-refractivity contribution is 9.10. The van der Waals surface area contributed by atoms with Gasteiger partial charge >= 0.3 is 5.97 Å². The SMILES string of the molecule is O=C(O)Cc1sc(-c2c[nH]c3ccccc23)nc1Br. The summed E-state index contributed by atoms with van der Waals surface area (Å²) < 4.78 is 0.611. The van der Waals surface area contributed by atoms with Crippen LogP contribution in [0.3, 0.4) is 0 Å². The molecule has 0 aliphatic heterocycles. The number of nitrogens with one attached hydrogen (secondary N) is 1. The zero-order valence-corrected chi connectivity index (χ0v) is 12.1. The van der Waals surface area contributed by atoms with Gasteiger partial charge in [-0.2, -0.15) is 0 Å². The fraction of sp³-hybridized carbons (Fsp3) is 0.0769. The molecule has 0 bridgehead atoms. The molecule has 0 saturated heterocycles. The molecular formula is C13H9BrN2O2S. The van der Waals surface area contributed by atoms with E-state index < -0.39 is 5.97 Å². The summed E-state index contributed by atoms with van der Waals surface area (Å²) in [5, 5.41) is 10.8. The maximum atomic E-state index is 10.8. The van der Waals surface area contributed by atoms with E-state index in [0.717, 1.165) is 26.4 Å². The van der Waals surface area contributed by atoms with E-state index in [1.165, 1.54) is 11.3 Å². The molecule has 0 amide bonds. The van der Waals surface area contributed by atoms with Crippen LogP contribution in [0.15, 0.2) is 35.1 Å². The molecule has 0 fully saturated rings. The largest absolute Gasteiger partial charge is 0.481 e. The van der Waals surface area contributed by atoms with Gasteiger partial charge in [0.2, 0.25) is 0 Å². The third kappa shape index (κ3) is 2.29. The number of aromatic nitrogens is 2. The molecule has 0 radical (unpaired) electrons. The maximum Gasteiger partial charge on any atom is 0.308 e. The van der Waals surface area contributed by atoms with Gasteiger partial charge < -0.3 is 10.1 Å². The number of halogens is 1. The number of carboxylic acid groups (broad SMARTS) is 1. The summed E-state index contributed by atoms with van der Waals surface area (Å²) in [7, 11) is 0. The molecule has 96 valence electrons. The maximum absolute atomic E-state index is 10.8. The van der Waals surface area contributed by atoms with Gasteiger partial charge in [-0.25, -0.2) is 4.98 Å². The molecular weight excluding hydrogens is 328 g/mol. The Morgan fingerprint density at radius 1 is 1.42 bits per heavy atom. The minimum Gasteiger partial charge on any atom is -0.481 e. The van der Waals surface area contributed by atoms with E-state index in [2.05, 4.69) is 25.9 Å². The lowest BCUT2D eigenvalue weighted by atomic mass is 10.2. The Hall–Kier alpha value is -1.66. The Kier molecular flexibility index (Phi) is 3.12. The molecule has 3 aromatic rings. The fourth-order valence-corrected chi connectivity index (χ4v) is 3.60. The molecule has 0 unspecified atom stereocenters. The summed E-state index contributed by atoms with van der Waals surface area (Å²) in [6.07, 6.45) is 1.89. The number of benzene rings is 1. The molecule has 3 rings (SSSR count). The van der Waals surface area contributed by atoms with Crippen molar-refractivity contribution < 1.29 is 9.90 Å². The Balaban J connectivity index is 2.09. The van der Waals surface area contributed by atoms with Crippen molar-refractivity contribution in [3.63, 3.8) is 0 Å². The number of para-hydroxylation sites is 1. The number of nitrogens with zero attached hydrogens (tertiary/aromatic N) is 1. The summed E-state index contributed by atoms with van der Waals surface area (Å²) >= 11 is 4.72. The number of thiazole rings is 1. The van der Waals surface area contributed by atoms with E-state index >= 15 is 0 Å². The Bertz CT molecular complexity index is 763. The molecule has 1 aromatic carbocycles. The summed E-state index contributed by atoms with van der Waals surface area (Å²) in [5.41, 5.74) is 2.04. The van der Waals surface area contributed by atoms with Gasteiger partial charge in [-0.3, -0.25) is 4.79 Å². The van der Waals surface area contributed by atoms with Gasteiger partial charge in [0.05, 0.1) is 11.3 Å². The normalized spacial score (nSPS) is 11.0. The van der Waals surface area contributed by atoms with Crippen LogP contribution in [0.2, 0.25) is 0 Å². The molecule has 4 nitrogen and oxygen atoms in total. The van der Waals surface area contributed by atoms with Crippen molar-refractivity contribution in [2.24, 2.45) is 0 Å². The van der Waals surface area contributed by atoms with Crippen molar-refractivity contribution >= 4 is 44.1 Å². The molecule has 0 aliphatic rings. The summed E-state index contributed by atoms with van der Waals surface area (Å²) in [6.45, 7) is 0. The molecule has 2 N–H and O–H groups in total. The number of hydrogen-bond acceptors (Lipinski definition) is 3. The number of fused-ring (bicyclic) bond motifs is 1. The molecule has 6 heteroatoms. The lowest BCUT2D eigenvalue weighted by molar-refractivity contribution is -0.136. The van der Waals surface area contributed by atoms with Crippen molar-refractivity contribution in [3.8, 4) is 10.6 Å². The first kappa shape index (κ1) is 12.4. The third-order valence-electron chi connectivity index (χ3n) is 2.78. The van der Waals surface area contributed by atoms with E-state index in [4.69, 9.17) is 5.11 Å². The lowest BCUT2D eigenvalue weighted by Crippen LogP contribution is -1.98. The molecule has 19 heavy (non-hydrogen) atoms. The van der Waals surface area contributed by atoms with Gasteiger partial charge in [-0.05, 0) is 22.0 Å². The van der Waals surface area contributed by atoms with Crippen LogP contribution in [0.4, 0.5) is 0 Å². The van der Waals surface area contributed by atoms with Crippen LogP contribution in [0, 0.1) is 0 Å². The Labute approximate surface area is 121 Å². The third-order valence-corrected chi connectivity index (χ3v) is 4.79.